The maximum absolute atomic E-state index is 15.5. The van der Waals surface area contributed by atoms with Crippen molar-refractivity contribution >= 4 is 46.0 Å². The maximum atomic E-state index is 15.5. The standard InChI is InChI=1S/C31H35FN6O4S2/c1-5-9-21(19-10-7-6-8-11-19)18-38(42)28(39)26-25(32)22(14-15-33-26)43-24-17-35-29(44-24)36-23-13-12-20(16-34-23)27(31(2,3)4)37-30(40)41/h6-8,10-17,21,27,37,42H,5,9,18H2,1-4H3,(H,40,41)(H,34,35,36). The van der Waals surface area contributed by atoms with Gasteiger partial charge >= 0.3 is 6.09 Å². The molecule has 4 aromatic rings. The number of carbonyl (C=O) groups is 2. The van der Waals surface area contributed by atoms with Crippen LogP contribution >= 0.6 is 23.1 Å². The Kier molecular flexibility index (Phi) is 10.9. The number of nitrogens with one attached hydrogen (secondary N) is 2. The van der Waals surface area contributed by atoms with Crippen molar-refractivity contribution < 1.29 is 24.3 Å². The highest BCUT2D eigenvalue weighted by atomic mass is 32.2. The number of hydroxylamine groups is 2. The van der Waals surface area contributed by atoms with E-state index in [4.69, 9.17) is 0 Å². The molecule has 3 heterocycles. The molecule has 2 atom stereocenters. The van der Waals surface area contributed by atoms with Crippen molar-refractivity contribution in [1.29, 1.82) is 0 Å². The topological polar surface area (TPSA) is 141 Å². The van der Waals surface area contributed by atoms with Crippen molar-refractivity contribution in [2.45, 2.75) is 61.6 Å². The molecular formula is C31H35FN6O4S2. The van der Waals surface area contributed by atoms with Gasteiger partial charge in [0.25, 0.3) is 5.91 Å². The average molecular weight is 639 g/mol. The van der Waals surface area contributed by atoms with Crippen LogP contribution in [0.3, 0.4) is 0 Å². The molecule has 0 aliphatic heterocycles. The first-order valence-electron chi connectivity index (χ1n) is 14.0. The van der Waals surface area contributed by atoms with Crippen LogP contribution in [-0.2, 0) is 0 Å². The lowest BCUT2D eigenvalue weighted by atomic mass is 9.83. The molecule has 4 rings (SSSR count). The zero-order valence-corrected chi connectivity index (χ0v) is 26.5. The monoisotopic (exact) mass is 638 g/mol. The minimum Gasteiger partial charge on any atom is -0.465 e. The van der Waals surface area contributed by atoms with Gasteiger partial charge in [-0.15, -0.1) is 0 Å². The molecule has 4 N–H and O–H groups in total. The van der Waals surface area contributed by atoms with Gasteiger partial charge in [0.05, 0.1) is 27.9 Å². The number of amides is 2. The van der Waals surface area contributed by atoms with E-state index in [1.807, 2.05) is 58.0 Å². The number of anilines is 2. The van der Waals surface area contributed by atoms with E-state index in [2.05, 4.69) is 25.6 Å². The van der Waals surface area contributed by atoms with E-state index in [0.717, 1.165) is 35.7 Å². The fourth-order valence-electron chi connectivity index (χ4n) is 4.66. The molecule has 2 unspecified atom stereocenters. The summed E-state index contributed by atoms with van der Waals surface area (Å²) in [4.78, 5) is 37.1. The lowest BCUT2D eigenvalue weighted by Crippen LogP contribution is -2.35. The first-order chi connectivity index (χ1) is 21.0. The first-order valence-corrected chi connectivity index (χ1v) is 15.7. The highest BCUT2D eigenvalue weighted by Gasteiger charge is 2.28. The number of pyridine rings is 2. The number of rotatable bonds is 12. The van der Waals surface area contributed by atoms with Gasteiger partial charge in [0, 0.05) is 18.3 Å². The molecule has 0 bridgehead atoms. The van der Waals surface area contributed by atoms with Gasteiger partial charge in [-0.25, -0.2) is 29.2 Å². The molecule has 3 aromatic heterocycles. The van der Waals surface area contributed by atoms with E-state index in [0.29, 0.717) is 20.2 Å². The lowest BCUT2D eigenvalue weighted by molar-refractivity contribution is -0.0630. The summed E-state index contributed by atoms with van der Waals surface area (Å²) < 4.78 is 16.1. The van der Waals surface area contributed by atoms with Crippen LogP contribution in [-0.4, -0.2) is 48.9 Å². The number of aromatic nitrogens is 3. The lowest BCUT2D eigenvalue weighted by Gasteiger charge is -2.30. The highest BCUT2D eigenvalue weighted by molar-refractivity contribution is 8.01. The maximum Gasteiger partial charge on any atom is 0.405 e. The number of nitrogens with zero attached hydrogens (tertiary/aromatic N) is 4. The summed E-state index contributed by atoms with van der Waals surface area (Å²) in [5, 5.41) is 26.6. The van der Waals surface area contributed by atoms with Crippen molar-refractivity contribution in [2.24, 2.45) is 5.41 Å². The fraction of sp³-hybridized carbons (Fsp3) is 0.323. The van der Waals surface area contributed by atoms with Crippen LogP contribution in [0, 0.1) is 11.2 Å². The number of thiazole rings is 1. The number of carbonyl (C=O) groups excluding carboxylic acids is 1. The summed E-state index contributed by atoms with van der Waals surface area (Å²) in [7, 11) is 0. The Labute approximate surface area is 263 Å². The molecule has 0 spiro atoms. The van der Waals surface area contributed by atoms with Crippen LogP contribution in [0.2, 0.25) is 0 Å². The van der Waals surface area contributed by atoms with Gasteiger partial charge in [0.2, 0.25) is 0 Å². The van der Waals surface area contributed by atoms with Crippen LogP contribution in [0.25, 0.3) is 0 Å². The third kappa shape index (κ3) is 8.52. The molecule has 1 aromatic carbocycles. The molecule has 0 fully saturated rings. The summed E-state index contributed by atoms with van der Waals surface area (Å²) in [5.74, 6) is -1.33. The Hall–Kier alpha value is -4.07. The number of carboxylic acid groups (broad SMARTS) is 1. The predicted molar refractivity (Wildman–Crippen MR) is 168 cm³/mol. The Morgan fingerprint density at radius 2 is 1.80 bits per heavy atom. The predicted octanol–water partition coefficient (Wildman–Crippen LogP) is 7.74. The third-order valence-electron chi connectivity index (χ3n) is 6.78. The largest absolute Gasteiger partial charge is 0.465 e. The molecule has 0 aliphatic rings. The second-order valence-electron chi connectivity index (χ2n) is 11.2. The molecule has 232 valence electrons. The summed E-state index contributed by atoms with van der Waals surface area (Å²) in [6.45, 7) is 7.86. The van der Waals surface area contributed by atoms with Crippen molar-refractivity contribution in [3.05, 3.63) is 89.8 Å². The van der Waals surface area contributed by atoms with Crippen LogP contribution in [0.15, 0.2) is 76.2 Å². The Balaban J connectivity index is 1.42. The minimum absolute atomic E-state index is 0.0149. The van der Waals surface area contributed by atoms with Gasteiger partial charge in [-0.2, -0.15) is 0 Å². The van der Waals surface area contributed by atoms with Gasteiger partial charge in [0.1, 0.15) is 5.82 Å². The Morgan fingerprint density at radius 3 is 2.43 bits per heavy atom. The summed E-state index contributed by atoms with van der Waals surface area (Å²) >= 11 is 2.35. The van der Waals surface area contributed by atoms with E-state index < -0.39 is 29.6 Å². The van der Waals surface area contributed by atoms with Gasteiger partial charge in [-0.05, 0) is 35.1 Å². The summed E-state index contributed by atoms with van der Waals surface area (Å²) in [6, 6.07) is 14.1. The third-order valence-corrected chi connectivity index (χ3v) is 8.83. The Morgan fingerprint density at radius 1 is 1.05 bits per heavy atom. The molecule has 0 saturated carbocycles. The minimum atomic E-state index is -1.11. The zero-order chi connectivity index (χ0) is 31.9. The molecule has 0 saturated heterocycles. The van der Waals surface area contributed by atoms with E-state index in [1.165, 1.54) is 23.6 Å². The molecule has 0 aliphatic carbocycles. The number of hydrogen-bond acceptors (Lipinski definition) is 9. The molecule has 44 heavy (non-hydrogen) atoms. The molecular weight excluding hydrogens is 604 g/mol. The molecule has 13 heteroatoms. The SMILES string of the molecule is CCCC(CN(O)C(=O)c1nccc(Sc2cnc(Nc3ccc(C(NC(=O)O)C(C)(C)C)cn3)s2)c1F)c1ccccc1. The second kappa shape index (κ2) is 14.6. The Bertz CT molecular complexity index is 1560. The average Bonchev–Trinajstić information content (AvgIpc) is 3.43. The molecule has 10 nitrogen and oxygen atoms in total. The number of benzene rings is 1. The molecule has 0 radical (unpaired) electrons. The smallest absolute Gasteiger partial charge is 0.405 e. The van der Waals surface area contributed by atoms with Crippen molar-refractivity contribution in [2.75, 3.05) is 11.9 Å². The van der Waals surface area contributed by atoms with Crippen LogP contribution < -0.4 is 10.6 Å². The van der Waals surface area contributed by atoms with Crippen molar-refractivity contribution in [3.8, 4) is 0 Å². The van der Waals surface area contributed by atoms with Gasteiger partial charge in [-0.3, -0.25) is 10.0 Å². The van der Waals surface area contributed by atoms with Crippen molar-refractivity contribution in [1.82, 2.24) is 25.3 Å². The van der Waals surface area contributed by atoms with Crippen molar-refractivity contribution in [3.63, 3.8) is 0 Å². The normalized spacial score (nSPS) is 12.8. The second-order valence-corrected chi connectivity index (χ2v) is 13.6. The van der Waals surface area contributed by atoms with Gasteiger partial charge in [-0.1, -0.05) is 93.6 Å². The first kappa shape index (κ1) is 32.8. The fourth-order valence-corrected chi connectivity index (χ4v) is 6.53. The van der Waals surface area contributed by atoms with Gasteiger partial charge < -0.3 is 15.7 Å². The van der Waals surface area contributed by atoms with Crippen LogP contribution in [0.1, 0.15) is 74.1 Å². The summed E-state index contributed by atoms with van der Waals surface area (Å²) in [5.41, 5.74) is 0.891. The molecule has 2 amide bonds. The highest BCUT2D eigenvalue weighted by Crippen LogP contribution is 2.37. The van der Waals surface area contributed by atoms with Gasteiger partial charge in [0.15, 0.2) is 16.6 Å². The summed E-state index contributed by atoms with van der Waals surface area (Å²) in [6.07, 6.45) is 5.02. The van der Waals surface area contributed by atoms with Crippen LogP contribution in [0.4, 0.5) is 20.1 Å². The van der Waals surface area contributed by atoms with E-state index in [-0.39, 0.29) is 22.8 Å². The van der Waals surface area contributed by atoms with E-state index >= 15 is 4.39 Å². The van der Waals surface area contributed by atoms with E-state index in [9.17, 15) is 19.9 Å². The zero-order valence-electron chi connectivity index (χ0n) is 24.8. The number of halogens is 1. The van der Waals surface area contributed by atoms with E-state index in [1.54, 1.807) is 24.5 Å². The van der Waals surface area contributed by atoms with Crippen LogP contribution in [0.5, 0.6) is 0 Å². The quantitative estimate of drug-likeness (QED) is 0.0906. The number of hydrogen-bond donors (Lipinski definition) is 4.